The first kappa shape index (κ1) is 23.9. The largest absolute Gasteiger partial charge is 0.385 e. The third-order valence-electron chi connectivity index (χ3n) is 4.83. The molecule has 6 nitrogen and oxygen atoms in total. The summed E-state index contributed by atoms with van der Waals surface area (Å²) in [5.41, 5.74) is 3.59. The van der Waals surface area contributed by atoms with Crippen LogP contribution in [-0.4, -0.2) is 58.3 Å². The van der Waals surface area contributed by atoms with E-state index in [1.807, 2.05) is 18.2 Å². The molecule has 0 saturated carbocycles. The van der Waals surface area contributed by atoms with Crippen molar-refractivity contribution in [2.75, 3.05) is 47.4 Å². The first-order valence-electron chi connectivity index (χ1n) is 10.5. The van der Waals surface area contributed by atoms with Gasteiger partial charge in [-0.15, -0.1) is 0 Å². The SMILES string of the molecule is CN=C(NCCN(C)CCCOC)NCc1ccccc1COCc1ccccc1. The molecule has 164 valence electrons. The van der Waals surface area contributed by atoms with Crippen molar-refractivity contribution in [1.82, 2.24) is 15.5 Å². The van der Waals surface area contributed by atoms with Crippen LogP contribution in [0.1, 0.15) is 23.1 Å². The summed E-state index contributed by atoms with van der Waals surface area (Å²) in [6.45, 7) is 5.52. The Hall–Kier alpha value is -2.41. The average Bonchev–Trinajstić information content (AvgIpc) is 2.78. The first-order valence-corrected chi connectivity index (χ1v) is 10.5. The highest BCUT2D eigenvalue weighted by atomic mass is 16.5. The fourth-order valence-electron chi connectivity index (χ4n) is 3.08. The number of benzene rings is 2. The number of nitrogens with one attached hydrogen (secondary N) is 2. The van der Waals surface area contributed by atoms with Crippen LogP contribution in [-0.2, 0) is 29.2 Å². The van der Waals surface area contributed by atoms with Crippen LogP contribution in [0.5, 0.6) is 0 Å². The molecule has 2 N–H and O–H groups in total. The summed E-state index contributed by atoms with van der Waals surface area (Å²) < 4.78 is 11.0. The molecule has 0 unspecified atom stereocenters. The molecule has 0 saturated heterocycles. The van der Waals surface area contributed by atoms with Gasteiger partial charge < -0.3 is 25.0 Å². The van der Waals surface area contributed by atoms with Gasteiger partial charge in [-0.3, -0.25) is 4.99 Å². The minimum absolute atomic E-state index is 0.588. The smallest absolute Gasteiger partial charge is 0.191 e. The second-order valence-electron chi connectivity index (χ2n) is 7.25. The fourth-order valence-corrected chi connectivity index (χ4v) is 3.08. The van der Waals surface area contributed by atoms with Crippen LogP contribution in [0.2, 0.25) is 0 Å². The van der Waals surface area contributed by atoms with Gasteiger partial charge in [-0.2, -0.15) is 0 Å². The summed E-state index contributed by atoms with van der Waals surface area (Å²) in [4.78, 5) is 6.62. The monoisotopic (exact) mass is 412 g/mol. The molecule has 30 heavy (non-hydrogen) atoms. The fraction of sp³-hybridized carbons (Fsp3) is 0.458. The number of nitrogens with zero attached hydrogens (tertiary/aromatic N) is 2. The van der Waals surface area contributed by atoms with E-state index in [0.717, 1.165) is 38.6 Å². The van der Waals surface area contributed by atoms with E-state index in [0.29, 0.717) is 19.8 Å². The van der Waals surface area contributed by atoms with Crippen LogP contribution in [0.3, 0.4) is 0 Å². The summed E-state index contributed by atoms with van der Waals surface area (Å²) in [6, 6.07) is 18.6. The average molecular weight is 413 g/mol. The Balaban J connectivity index is 1.74. The maximum atomic E-state index is 5.92. The van der Waals surface area contributed by atoms with Crippen LogP contribution in [0.15, 0.2) is 59.6 Å². The third-order valence-corrected chi connectivity index (χ3v) is 4.83. The highest BCUT2D eigenvalue weighted by Gasteiger charge is 2.05. The molecule has 0 heterocycles. The minimum atomic E-state index is 0.588. The lowest BCUT2D eigenvalue weighted by molar-refractivity contribution is 0.106. The van der Waals surface area contributed by atoms with Crippen LogP contribution < -0.4 is 10.6 Å². The van der Waals surface area contributed by atoms with Gasteiger partial charge in [0.05, 0.1) is 13.2 Å². The highest BCUT2D eigenvalue weighted by molar-refractivity contribution is 5.79. The summed E-state index contributed by atoms with van der Waals surface area (Å²) in [5.74, 6) is 0.806. The topological polar surface area (TPSA) is 58.1 Å². The van der Waals surface area contributed by atoms with E-state index in [4.69, 9.17) is 9.47 Å². The molecule has 2 rings (SSSR count). The van der Waals surface area contributed by atoms with Gasteiger partial charge >= 0.3 is 0 Å². The molecule has 2 aromatic rings. The van der Waals surface area contributed by atoms with Crippen molar-refractivity contribution in [3.05, 3.63) is 71.3 Å². The molecule has 0 aliphatic rings. The number of hydrogen-bond donors (Lipinski definition) is 2. The van der Waals surface area contributed by atoms with Gasteiger partial charge in [0.15, 0.2) is 5.96 Å². The molecular formula is C24H36N4O2. The van der Waals surface area contributed by atoms with Crippen molar-refractivity contribution in [2.24, 2.45) is 4.99 Å². The van der Waals surface area contributed by atoms with Gasteiger partial charge in [-0.05, 0) is 30.2 Å². The lowest BCUT2D eigenvalue weighted by Gasteiger charge is -2.18. The minimum Gasteiger partial charge on any atom is -0.385 e. The van der Waals surface area contributed by atoms with Crippen molar-refractivity contribution < 1.29 is 9.47 Å². The first-order chi connectivity index (χ1) is 14.7. The third kappa shape index (κ3) is 9.39. The Labute approximate surface area is 181 Å². The van der Waals surface area contributed by atoms with Gasteiger partial charge in [0.1, 0.15) is 0 Å². The van der Waals surface area contributed by atoms with Crippen LogP contribution in [0.4, 0.5) is 0 Å². The molecule has 0 bridgehead atoms. The van der Waals surface area contributed by atoms with Crippen molar-refractivity contribution >= 4 is 5.96 Å². The maximum absolute atomic E-state index is 5.92. The normalized spacial score (nSPS) is 11.7. The van der Waals surface area contributed by atoms with Crippen molar-refractivity contribution in [3.8, 4) is 0 Å². The van der Waals surface area contributed by atoms with E-state index in [1.54, 1.807) is 14.2 Å². The lowest BCUT2D eigenvalue weighted by atomic mass is 10.1. The molecular weight excluding hydrogens is 376 g/mol. The standard InChI is InChI=1S/C24H36N4O2/c1-25-24(26-14-16-28(2)15-9-17-29-3)27-18-22-12-7-8-13-23(22)20-30-19-21-10-5-4-6-11-21/h4-8,10-13H,9,14-20H2,1-3H3,(H2,25,26,27). The molecule has 0 fully saturated rings. The molecule has 0 radical (unpaired) electrons. The Kier molecular flexibility index (Phi) is 11.6. The van der Waals surface area contributed by atoms with E-state index in [-0.39, 0.29) is 0 Å². The van der Waals surface area contributed by atoms with E-state index in [2.05, 4.69) is 64.0 Å². The Morgan fingerprint density at radius 2 is 1.67 bits per heavy atom. The van der Waals surface area contributed by atoms with Crippen molar-refractivity contribution in [3.63, 3.8) is 0 Å². The quantitative estimate of drug-likeness (QED) is 0.301. The van der Waals surface area contributed by atoms with Crippen molar-refractivity contribution in [1.29, 1.82) is 0 Å². The number of ether oxygens (including phenoxy) is 2. The highest BCUT2D eigenvalue weighted by Crippen LogP contribution is 2.11. The van der Waals surface area contributed by atoms with Gasteiger partial charge in [-0.25, -0.2) is 0 Å². The van der Waals surface area contributed by atoms with E-state index < -0.39 is 0 Å². The number of methoxy groups -OCH3 is 1. The molecule has 0 atom stereocenters. The molecule has 0 amide bonds. The predicted molar refractivity (Wildman–Crippen MR) is 124 cm³/mol. The summed E-state index contributed by atoms with van der Waals surface area (Å²) >= 11 is 0. The lowest BCUT2D eigenvalue weighted by Crippen LogP contribution is -2.40. The molecule has 0 spiro atoms. The second kappa shape index (κ2) is 14.6. The van der Waals surface area contributed by atoms with Crippen molar-refractivity contribution in [2.45, 2.75) is 26.2 Å². The molecule has 2 aromatic carbocycles. The van der Waals surface area contributed by atoms with Gasteiger partial charge in [0.25, 0.3) is 0 Å². The Morgan fingerprint density at radius 3 is 2.40 bits per heavy atom. The summed E-state index contributed by atoms with van der Waals surface area (Å²) in [7, 11) is 5.66. The Bertz CT molecular complexity index is 737. The number of hydrogen-bond acceptors (Lipinski definition) is 4. The van der Waals surface area contributed by atoms with E-state index >= 15 is 0 Å². The molecule has 6 heteroatoms. The summed E-state index contributed by atoms with van der Waals surface area (Å²) in [6.07, 6.45) is 1.04. The van der Waals surface area contributed by atoms with Gasteiger partial charge in [-0.1, -0.05) is 54.6 Å². The summed E-state index contributed by atoms with van der Waals surface area (Å²) in [5, 5.41) is 6.78. The number of rotatable bonds is 13. The number of guanidine groups is 1. The van der Waals surface area contributed by atoms with E-state index in [1.165, 1.54) is 16.7 Å². The van der Waals surface area contributed by atoms with Crippen LogP contribution in [0, 0.1) is 0 Å². The van der Waals surface area contributed by atoms with Gasteiger partial charge in [0.2, 0.25) is 0 Å². The zero-order chi connectivity index (χ0) is 21.4. The second-order valence-corrected chi connectivity index (χ2v) is 7.25. The number of likely N-dealkylation sites (N-methyl/N-ethyl adjacent to an activating group) is 1. The van der Waals surface area contributed by atoms with Crippen LogP contribution in [0.25, 0.3) is 0 Å². The number of aliphatic imine (C=N–C) groups is 1. The molecule has 0 aliphatic heterocycles. The van der Waals surface area contributed by atoms with Gasteiger partial charge in [0, 0.05) is 46.9 Å². The molecule has 0 aliphatic carbocycles. The Morgan fingerprint density at radius 1 is 0.933 bits per heavy atom. The maximum Gasteiger partial charge on any atom is 0.191 e. The van der Waals surface area contributed by atoms with E-state index in [9.17, 15) is 0 Å². The zero-order valence-electron chi connectivity index (χ0n) is 18.6. The molecule has 0 aromatic heterocycles. The predicted octanol–water partition coefficient (Wildman–Crippen LogP) is 3.04. The zero-order valence-corrected chi connectivity index (χ0v) is 18.6. The van der Waals surface area contributed by atoms with Crippen LogP contribution >= 0.6 is 0 Å².